The van der Waals surface area contributed by atoms with Crippen molar-refractivity contribution in [1.29, 1.82) is 0 Å². The lowest BCUT2D eigenvalue weighted by atomic mass is 10.1. The molecule has 0 aliphatic carbocycles. The minimum absolute atomic E-state index is 0. The van der Waals surface area contributed by atoms with E-state index in [0.717, 1.165) is 16.9 Å². The highest BCUT2D eigenvalue weighted by molar-refractivity contribution is 7.22. The van der Waals surface area contributed by atoms with Gasteiger partial charge in [0.25, 0.3) is 0 Å². The van der Waals surface area contributed by atoms with E-state index in [-0.39, 0.29) is 24.2 Å². The molecule has 174 valence electrons. The van der Waals surface area contributed by atoms with Crippen LogP contribution in [0.3, 0.4) is 0 Å². The first kappa shape index (κ1) is 25.7. The number of fused-ring (bicyclic) bond motifs is 1. The second kappa shape index (κ2) is 11.3. The van der Waals surface area contributed by atoms with Crippen LogP contribution in [0.4, 0.5) is 23.1 Å². The standard InChI is InChI=1S/C21H23F3N4O2S.ClH/c1-27(2)12-13-28(19(29)25-11-10-15-6-4-3-5-7-15)20-26-17-9-8-16(14-18(17)31-20)30-21(22,23)24;/h3-9,14H,10-13H2,1-2H3,(H,25,29);1H. The zero-order valence-corrected chi connectivity index (χ0v) is 19.2. The van der Waals surface area contributed by atoms with Gasteiger partial charge < -0.3 is 15.0 Å². The Bertz CT molecular complexity index is 1020. The highest BCUT2D eigenvalue weighted by atomic mass is 35.5. The molecule has 0 fully saturated rings. The van der Waals surface area contributed by atoms with E-state index in [1.165, 1.54) is 23.1 Å². The summed E-state index contributed by atoms with van der Waals surface area (Å²) in [6.07, 6.45) is -4.08. The van der Waals surface area contributed by atoms with Crippen LogP contribution in [0.1, 0.15) is 5.56 Å². The van der Waals surface area contributed by atoms with Gasteiger partial charge in [-0.25, -0.2) is 9.78 Å². The number of ether oxygens (including phenoxy) is 1. The van der Waals surface area contributed by atoms with Crippen molar-refractivity contribution in [2.75, 3.05) is 38.6 Å². The number of aromatic nitrogens is 1. The van der Waals surface area contributed by atoms with Crippen LogP contribution in [0, 0.1) is 0 Å². The number of urea groups is 1. The van der Waals surface area contributed by atoms with E-state index >= 15 is 0 Å². The molecule has 0 saturated carbocycles. The quantitative estimate of drug-likeness (QED) is 0.488. The number of nitrogens with one attached hydrogen (secondary N) is 1. The summed E-state index contributed by atoms with van der Waals surface area (Å²) in [6.45, 7) is 1.44. The van der Waals surface area contributed by atoms with E-state index in [1.54, 1.807) is 0 Å². The molecule has 1 N–H and O–H groups in total. The van der Waals surface area contributed by atoms with Crippen LogP contribution in [0.15, 0.2) is 48.5 Å². The molecule has 3 rings (SSSR count). The Hall–Kier alpha value is -2.56. The molecule has 32 heavy (non-hydrogen) atoms. The summed E-state index contributed by atoms with van der Waals surface area (Å²) in [5, 5.41) is 3.32. The van der Waals surface area contributed by atoms with Crippen LogP contribution in [-0.2, 0) is 6.42 Å². The van der Waals surface area contributed by atoms with E-state index in [9.17, 15) is 18.0 Å². The number of amides is 2. The number of halogens is 4. The molecule has 11 heteroatoms. The van der Waals surface area contributed by atoms with Crippen LogP contribution >= 0.6 is 23.7 Å². The molecule has 0 unspecified atom stereocenters. The highest BCUT2D eigenvalue weighted by Crippen LogP contribution is 2.33. The maximum Gasteiger partial charge on any atom is 0.573 e. The summed E-state index contributed by atoms with van der Waals surface area (Å²) in [7, 11) is 3.79. The van der Waals surface area contributed by atoms with Crippen molar-refractivity contribution >= 4 is 45.1 Å². The number of alkyl halides is 3. The number of likely N-dealkylation sites (N-methyl/N-ethyl adjacent to an activating group) is 1. The van der Waals surface area contributed by atoms with Crippen LogP contribution in [-0.4, -0.2) is 56.0 Å². The lowest BCUT2D eigenvalue weighted by molar-refractivity contribution is -0.274. The summed E-state index contributed by atoms with van der Waals surface area (Å²) in [5.74, 6) is -0.317. The van der Waals surface area contributed by atoms with Gasteiger partial charge in [-0.1, -0.05) is 41.7 Å². The van der Waals surface area contributed by atoms with Crippen LogP contribution < -0.4 is 15.0 Å². The summed E-state index contributed by atoms with van der Waals surface area (Å²) in [6, 6.07) is 13.4. The molecule has 2 amide bonds. The number of hydrogen-bond donors (Lipinski definition) is 1. The van der Waals surface area contributed by atoms with E-state index in [4.69, 9.17) is 0 Å². The largest absolute Gasteiger partial charge is 0.573 e. The molecule has 0 radical (unpaired) electrons. The normalized spacial score (nSPS) is 11.3. The third-order valence-corrected chi connectivity index (χ3v) is 5.40. The van der Waals surface area contributed by atoms with Gasteiger partial charge in [0.15, 0.2) is 5.13 Å². The molecule has 0 atom stereocenters. The Balaban J connectivity index is 0.00000363. The summed E-state index contributed by atoms with van der Waals surface area (Å²) in [4.78, 5) is 20.8. The number of thiazole rings is 1. The average Bonchev–Trinajstić information content (AvgIpc) is 3.10. The van der Waals surface area contributed by atoms with Crippen molar-refractivity contribution in [1.82, 2.24) is 15.2 Å². The number of carbonyl (C=O) groups excluding carboxylic acids is 1. The van der Waals surface area contributed by atoms with Gasteiger partial charge >= 0.3 is 12.4 Å². The van der Waals surface area contributed by atoms with E-state index < -0.39 is 6.36 Å². The maximum atomic E-state index is 12.9. The van der Waals surface area contributed by atoms with Gasteiger partial charge in [0.05, 0.1) is 10.2 Å². The monoisotopic (exact) mass is 488 g/mol. The number of nitrogens with zero attached hydrogens (tertiary/aromatic N) is 3. The Kier molecular flexibility index (Phi) is 9.11. The second-order valence-electron chi connectivity index (χ2n) is 7.10. The van der Waals surface area contributed by atoms with Gasteiger partial charge in [-0.15, -0.1) is 25.6 Å². The van der Waals surface area contributed by atoms with Crippen molar-refractivity contribution in [2.24, 2.45) is 0 Å². The minimum atomic E-state index is -4.77. The Morgan fingerprint density at radius 1 is 1.12 bits per heavy atom. The first-order valence-corrected chi connectivity index (χ1v) is 10.4. The number of rotatable bonds is 8. The number of carbonyl (C=O) groups is 1. The van der Waals surface area contributed by atoms with Crippen LogP contribution in [0.5, 0.6) is 5.75 Å². The predicted octanol–water partition coefficient (Wildman–Crippen LogP) is 4.94. The molecule has 0 aliphatic rings. The molecule has 0 aliphatic heterocycles. The van der Waals surface area contributed by atoms with Crippen LogP contribution in [0.25, 0.3) is 10.2 Å². The van der Waals surface area contributed by atoms with Crippen molar-refractivity contribution in [3.05, 3.63) is 54.1 Å². The molecule has 3 aromatic rings. The second-order valence-corrected chi connectivity index (χ2v) is 8.11. The van der Waals surface area contributed by atoms with Gasteiger partial charge in [0.2, 0.25) is 0 Å². The third kappa shape index (κ3) is 7.54. The van der Waals surface area contributed by atoms with Gasteiger partial charge in [0.1, 0.15) is 5.75 Å². The zero-order chi connectivity index (χ0) is 22.4. The number of benzene rings is 2. The number of anilines is 1. The molecule has 0 spiro atoms. The first-order valence-electron chi connectivity index (χ1n) is 9.61. The van der Waals surface area contributed by atoms with Gasteiger partial charge in [-0.2, -0.15) is 0 Å². The van der Waals surface area contributed by atoms with E-state index in [1.807, 2.05) is 49.3 Å². The highest BCUT2D eigenvalue weighted by Gasteiger charge is 2.31. The zero-order valence-electron chi connectivity index (χ0n) is 17.6. The van der Waals surface area contributed by atoms with E-state index in [2.05, 4.69) is 15.0 Å². The fourth-order valence-electron chi connectivity index (χ4n) is 2.84. The number of hydrogen-bond acceptors (Lipinski definition) is 5. The summed E-state index contributed by atoms with van der Waals surface area (Å²) >= 11 is 1.14. The molecule has 1 heterocycles. The third-order valence-electron chi connectivity index (χ3n) is 4.36. The van der Waals surface area contributed by atoms with Crippen molar-refractivity contribution in [3.63, 3.8) is 0 Å². The molecular formula is C21H24ClF3N4O2S. The van der Waals surface area contributed by atoms with Gasteiger partial charge in [-0.05, 0) is 38.2 Å². The minimum Gasteiger partial charge on any atom is -0.406 e. The summed E-state index contributed by atoms with van der Waals surface area (Å²) in [5.41, 5.74) is 1.61. The summed E-state index contributed by atoms with van der Waals surface area (Å²) < 4.78 is 42.0. The molecular weight excluding hydrogens is 465 g/mol. The van der Waals surface area contributed by atoms with Crippen molar-refractivity contribution < 1.29 is 22.7 Å². The first-order chi connectivity index (χ1) is 14.7. The fourth-order valence-corrected chi connectivity index (χ4v) is 3.86. The maximum absolute atomic E-state index is 12.9. The molecule has 1 aromatic heterocycles. The molecule has 0 saturated heterocycles. The SMILES string of the molecule is CN(C)CCN(C(=O)NCCc1ccccc1)c1nc2ccc(OC(F)(F)F)cc2s1.Cl. The molecule has 6 nitrogen and oxygen atoms in total. The average molecular weight is 489 g/mol. The van der Waals surface area contributed by atoms with Crippen molar-refractivity contribution in [2.45, 2.75) is 12.8 Å². The Morgan fingerprint density at radius 2 is 1.84 bits per heavy atom. The lowest BCUT2D eigenvalue weighted by Gasteiger charge is -2.22. The lowest BCUT2D eigenvalue weighted by Crippen LogP contribution is -2.43. The van der Waals surface area contributed by atoms with Gasteiger partial charge in [-0.3, -0.25) is 4.90 Å². The van der Waals surface area contributed by atoms with Crippen LogP contribution in [0.2, 0.25) is 0 Å². The molecule has 0 bridgehead atoms. The Morgan fingerprint density at radius 3 is 2.50 bits per heavy atom. The predicted molar refractivity (Wildman–Crippen MR) is 123 cm³/mol. The molecule has 2 aromatic carbocycles. The van der Waals surface area contributed by atoms with Crippen molar-refractivity contribution in [3.8, 4) is 5.75 Å². The topological polar surface area (TPSA) is 57.7 Å². The van der Waals surface area contributed by atoms with E-state index in [0.29, 0.717) is 41.4 Å². The Labute approximate surface area is 194 Å². The van der Waals surface area contributed by atoms with Gasteiger partial charge in [0, 0.05) is 25.7 Å². The smallest absolute Gasteiger partial charge is 0.406 e. The fraction of sp³-hybridized carbons (Fsp3) is 0.333.